The van der Waals surface area contributed by atoms with Crippen molar-refractivity contribution in [2.24, 2.45) is 0 Å². The van der Waals surface area contributed by atoms with Crippen LogP contribution in [0.2, 0.25) is 0 Å². The Morgan fingerprint density at radius 2 is 1.65 bits per heavy atom. The molecule has 0 radical (unpaired) electrons. The number of hydrogen-bond donors (Lipinski definition) is 1. The maximum Gasteiger partial charge on any atom is 0.335 e. The summed E-state index contributed by atoms with van der Waals surface area (Å²) in [4.78, 5) is 11.2. The maximum atomic E-state index is 11.2. The van der Waals surface area contributed by atoms with Gasteiger partial charge in [0.25, 0.3) is 0 Å². The number of alkyl halides is 3. The van der Waals surface area contributed by atoms with Gasteiger partial charge in [-0.1, -0.05) is 77.3 Å². The summed E-state index contributed by atoms with van der Waals surface area (Å²) in [6.07, 6.45) is 0.0416. The molecule has 2 nitrogen and oxygen atoms in total. The monoisotopic (exact) mass is 328 g/mol. The van der Waals surface area contributed by atoms with Gasteiger partial charge in [-0.05, 0) is 22.8 Å². The molecule has 0 aliphatic carbocycles. The van der Waals surface area contributed by atoms with E-state index in [2.05, 4.69) is 0 Å². The Morgan fingerprint density at radius 3 is 2.20 bits per heavy atom. The molecule has 0 atom stereocenters. The molecule has 0 aliphatic heterocycles. The van der Waals surface area contributed by atoms with Gasteiger partial charge < -0.3 is 5.11 Å². The third-order valence-corrected chi connectivity index (χ3v) is 3.23. The number of aromatic carboxylic acids is 1. The summed E-state index contributed by atoms with van der Waals surface area (Å²) in [5.41, 5.74) is 2.52. The summed E-state index contributed by atoms with van der Waals surface area (Å²) in [5, 5.41) is 9.19. The zero-order chi connectivity index (χ0) is 14.8. The first-order valence-corrected chi connectivity index (χ1v) is 6.98. The predicted molar refractivity (Wildman–Crippen MR) is 82.8 cm³/mol. The fraction of sp³-hybridized carbons (Fsp3) is 0.133. The number of carboxylic acids is 1. The van der Waals surface area contributed by atoms with Crippen molar-refractivity contribution in [3.8, 4) is 11.1 Å². The second-order valence-electron chi connectivity index (χ2n) is 4.34. The van der Waals surface area contributed by atoms with Crippen LogP contribution in [0.1, 0.15) is 15.9 Å². The van der Waals surface area contributed by atoms with Gasteiger partial charge in [0, 0.05) is 6.42 Å². The summed E-state index contributed by atoms with van der Waals surface area (Å²) in [7, 11) is 0. The highest BCUT2D eigenvalue weighted by molar-refractivity contribution is 6.67. The Hall–Kier alpha value is -1.22. The molecule has 0 fully saturated rings. The lowest BCUT2D eigenvalue weighted by atomic mass is 9.97. The standard InChI is InChI=1S/C15H11Cl3O2/c16-15(17,18)9-12-8-11(6-7-13(12)14(19)20)10-4-2-1-3-5-10/h1-8H,9H2,(H,19,20). The lowest BCUT2D eigenvalue weighted by molar-refractivity contribution is 0.0696. The molecule has 0 bridgehead atoms. The van der Waals surface area contributed by atoms with Crippen molar-refractivity contribution in [3.05, 3.63) is 59.7 Å². The molecule has 0 unspecified atom stereocenters. The van der Waals surface area contributed by atoms with Crippen LogP contribution in [0.4, 0.5) is 0 Å². The van der Waals surface area contributed by atoms with Gasteiger partial charge in [-0.25, -0.2) is 4.79 Å². The van der Waals surface area contributed by atoms with Crippen molar-refractivity contribution in [1.29, 1.82) is 0 Å². The third kappa shape index (κ3) is 3.89. The van der Waals surface area contributed by atoms with E-state index in [0.717, 1.165) is 11.1 Å². The molecular weight excluding hydrogens is 319 g/mol. The van der Waals surface area contributed by atoms with Crippen molar-refractivity contribution in [2.45, 2.75) is 10.2 Å². The van der Waals surface area contributed by atoms with Crippen LogP contribution >= 0.6 is 34.8 Å². The normalized spacial score (nSPS) is 11.3. The van der Waals surface area contributed by atoms with Crippen LogP contribution in [0.15, 0.2) is 48.5 Å². The van der Waals surface area contributed by atoms with E-state index in [4.69, 9.17) is 34.8 Å². The summed E-state index contributed by atoms with van der Waals surface area (Å²) in [5.74, 6) is -1.03. The first-order chi connectivity index (χ1) is 9.37. The van der Waals surface area contributed by atoms with Crippen LogP contribution in [-0.2, 0) is 6.42 Å². The lowest BCUT2D eigenvalue weighted by Crippen LogP contribution is -2.11. The number of benzene rings is 2. The molecular formula is C15H11Cl3O2. The van der Waals surface area contributed by atoms with Gasteiger partial charge in [0.15, 0.2) is 3.79 Å². The molecule has 0 saturated heterocycles. The number of halogens is 3. The average molecular weight is 330 g/mol. The number of carbonyl (C=O) groups is 1. The van der Waals surface area contributed by atoms with Crippen molar-refractivity contribution in [2.75, 3.05) is 0 Å². The SMILES string of the molecule is O=C(O)c1ccc(-c2ccccc2)cc1CC(Cl)(Cl)Cl. The van der Waals surface area contributed by atoms with Gasteiger partial charge in [-0.3, -0.25) is 0 Å². The first kappa shape index (κ1) is 15.2. The number of carboxylic acid groups (broad SMARTS) is 1. The number of hydrogen-bond acceptors (Lipinski definition) is 1. The molecule has 104 valence electrons. The average Bonchev–Trinajstić information content (AvgIpc) is 2.37. The molecule has 2 aromatic carbocycles. The Kier molecular flexibility index (Phi) is 4.59. The summed E-state index contributed by atoms with van der Waals surface area (Å²) >= 11 is 17.3. The van der Waals surface area contributed by atoms with Crippen LogP contribution in [0, 0.1) is 0 Å². The topological polar surface area (TPSA) is 37.3 Å². The summed E-state index contributed by atoms with van der Waals surface area (Å²) in [6, 6.07) is 14.7. The van der Waals surface area contributed by atoms with Gasteiger partial charge in [0.2, 0.25) is 0 Å². The molecule has 1 N–H and O–H groups in total. The van der Waals surface area contributed by atoms with Gasteiger partial charge in [-0.2, -0.15) is 0 Å². The van der Waals surface area contributed by atoms with Gasteiger partial charge in [0.05, 0.1) is 5.56 Å². The van der Waals surface area contributed by atoms with E-state index < -0.39 is 9.76 Å². The van der Waals surface area contributed by atoms with Crippen LogP contribution in [-0.4, -0.2) is 14.9 Å². The molecule has 0 aromatic heterocycles. The third-order valence-electron chi connectivity index (χ3n) is 2.83. The molecule has 0 heterocycles. The van der Waals surface area contributed by atoms with Crippen LogP contribution < -0.4 is 0 Å². The summed E-state index contributed by atoms with van der Waals surface area (Å²) in [6.45, 7) is 0. The minimum absolute atomic E-state index is 0.0416. The zero-order valence-electron chi connectivity index (χ0n) is 10.3. The van der Waals surface area contributed by atoms with Crippen molar-refractivity contribution in [3.63, 3.8) is 0 Å². The highest BCUT2D eigenvalue weighted by Crippen LogP contribution is 2.33. The molecule has 2 rings (SSSR count). The van der Waals surface area contributed by atoms with E-state index in [1.54, 1.807) is 12.1 Å². The lowest BCUT2D eigenvalue weighted by Gasteiger charge is -2.14. The largest absolute Gasteiger partial charge is 0.478 e. The van der Waals surface area contributed by atoms with Crippen molar-refractivity contribution in [1.82, 2.24) is 0 Å². The van der Waals surface area contributed by atoms with Crippen LogP contribution in [0.3, 0.4) is 0 Å². The molecule has 5 heteroatoms. The van der Waals surface area contributed by atoms with E-state index >= 15 is 0 Å². The number of rotatable bonds is 3. The minimum Gasteiger partial charge on any atom is -0.478 e. The molecule has 0 saturated carbocycles. The first-order valence-electron chi connectivity index (χ1n) is 5.85. The summed E-state index contributed by atoms with van der Waals surface area (Å²) < 4.78 is -1.53. The molecule has 0 spiro atoms. The Morgan fingerprint density at radius 1 is 1.00 bits per heavy atom. The minimum atomic E-state index is -1.53. The second kappa shape index (κ2) is 6.04. The molecule has 0 aliphatic rings. The van der Waals surface area contributed by atoms with Crippen LogP contribution in [0.25, 0.3) is 11.1 Å². The second-order valence-corrected chi connectivity index (χ2v) is 6.85. The predicted octanol–water partition coefficient (Wildman–Crippen LogP) is 4.96. The Bertz CT molecular complexity index is 619. The highest BCUT2D eigenvalue weighted by atomic mass is 35.6. The molecule has 20 heavy (non-hydrogen) atoms. The molecule has 2 aromatic rings. The van der Waals surface area contributed by atoms with Crippen molar-refractivity contribution < 1.29 is 9.90 Å². The van der Waals surface area contributed by atoms with Crippen LogP contribution in [0.5, 0.6) is 0 Å². The van der Waals surface area contributed by atoms with Gasteiger partial charge in [-0.15, -0.1) is 0 Å². The Balaban J connectivity index is 2.48. The fourth-order valence-electron chi connectivity index (χ4n) is 1.97. The van der Waals surface area contributed by atoms with E-state index in [0.29, 0.717) is 5.56 Å². The van der Waals surface area contributed by atoms with Gasteiger partial charge >= 0.3 is 5.97 Å². The van der Waals surface area contributed by atoms with E-state index in [9.17, 15) is 9.90 Å². The van der Waals surface area contributed by atoms with Crippen molar-refractivity contribution >= 4 is 40.8 Å². The maximum absolute atomic E-state index is 11.2. The van der Waals surface area contributed by atoms with E-state index in [1.807, 2.05) is 30.3 Å². The highest BCUT2D eigenvalue weighted by Gasteiger charge is 2.24. The zero-order valence-corrected chi connectivity index (χ0v) is 12.6. The van der Waals surface area contributed by atoms with E-state index in [1.165, 1.54) is 6.07 Å². The van der Waals surface area contributed by atoms with Gasteiger partial charge in [0.1, 0.15) is 0 Å². The quantitative estimate of drug-likeness (QED) is 0.808. The Labute approximate surface area is 131 Å². The smallest absolute Gasteiger partial charge is 0.335 e. The fourth-order valence-corrected chi connectivity index (χ4v) is 2.41. The molecule has 0 amide bonds. The van der Waals surface area contributed by atoms with E-state index in [-0.39, 0.29) is 12.0 Å².